The number of nitrogens with zero attached hydrogens (tertiary/aromatic N) is 1. The minimum absolute atomic E-state index is 0.461. The number of quaternary nitrogens is 1. The fourth-order valence-corrected chi connectivity index (χ4v) is 4.77. The molecule has 0 aliphatic carbocycles. The lowest BCUT2D eigenvalue weighted by atomic mass is 10.5. The molecule has 0 spiro atoms. The Balaban J connectivity index is 3.96. The summed E-state index contributed by atoms with van der Waals surface area (Å²) in [5.74, 6) is 0.968. The molecule has 0 bridgehead atoms. The van der Waals surface area contributed by atoms with E-state index in [1.165, 1.54) is 6.26 Å². The standard InChI is InChI=1S/C8H19NO4S4/c1-9(2,5-7-14-16(3,10)11)6-8-15-17(4,12)13/h3,5-8H2,1-2,4H3/q+1. The summed E-state index contributed by atoms with van der Waals surface area (Å²) in [6.45, 7) is 1.33. The molecule has 0 saturated carbocycles. The molecule has 0 aromatic heterocycles. The normalized spacial score (nSPS) is 13.9. The van der Waals surface area contributed by atoms with Crippen LogP contribution in [0.1, 0.15) is 0 Å². The molecule has 0 fully saturated rings. The number of hydrogen-bond acceptors (Lipinski definition) is 6. The minimum atomic E-state index is -3.23. The van der Waals surface area contributed by atoms with Gasteiger partial charge in [-0.1, -0.05) is 0 Å². The van der Waals surface area contributed by atoms with Crippen LogP contribution in [-0.4, -0.2) is 66.3 Å². The second kappa shape index (κ2) is 6.65. The first kappa shape index (κ1) is 17.6. The van der Waals surface area contributed by atoms with Crippen molar-refractivity contribution in [2.24, 2.45) is 0 Å². The summed E-state index contributed by atoms with van der Waals surface area (Å²) in [4.78, 5) is 0. The van der Waals surface area contributed by atoms with Crippen molar-refractivity contribution >= 4 is 39.3 Å². The van der Waals surface area contributed by atoms with Gasteiger partial charge < -0.3 is 4.48 Å². The van der Waals surface area contributed by atoms with Crippen LogP contribution < -0.4 is 0 Å². The van der Waals surface area contributed by atoms with Gasteiger partial charge in [0, 0.05) is 6.26 Å². The fourth-order valence-electron chi connectivity index (χ4n) is 0.959. The molecule has 0 rings (SSSR count). The van der Waals surface area contributed by atoms with E-state index in [1.54, 1.807) is 0 Å². The molecule has 0 aliphatic rings. The maximum Gasteiger partial charge on any atom is 0.202 e. The van der Waals surface area contributed by atoms with Gasteiger partial charge in [0.05, 0.1) is 44.9 Å². The molecule has 9 heteroatoms. The Morgan fingerprint density at radius 1 is 1.00 bits per heavy atom. The zero-order valence-corrected chi connectivity index (χ0v) is 13.5. The Hall–Kier alpha value is 0.560. The molecule has 0 heterocycles. The zero-order chi connectivity index (χ0) is 13.7. The highest BCUT2D eigenvalue weighted by atomic mass is 33.1. The predicted molar refractivity (Wildman–Crippen MR) is 75.9 cm³/mol. The van der Waals surface area contributed by atoms with Crippen LogP contribution in [0.25, 0.3) is 0 Å². The van der Waals surface area contributed by atoms with Gasteiger partial charge in [-0.05, 0) is 21.6 Å². The molecule has 0 N–H and O–H groups in total. The third kappa shape index (κ3) is 12.8. The molecule has 0 atom stereocenters. The Bertz CT molecular complexity index is 386. The highest BCUT2D eigenvalue weighted by Crippen LogP contribution is 2.14. The smallest absolute Gasteiger partial charge is 0.202 e. The fraction of sp³-hybridized carbons (Fsp3) is 0.875. The van der Waals surface area contributed by atoms with E-state index in [-0.39, 0.29) is 0 Å². The molecule has 0 aromatic rings. The van der Waals surface area contributed by atoms with E-state index in [1.807, 2.05) is 14.1 Å². The van der Waals surface area contributed by atoms with Crippen LogP contribution in [0.15, 0.2) is 0 Å². The maximum absolute atomic E-state index is 10.9. The Morgan fingerprint density at radius 3 is 1.76 bits per heavy atom. The largest absolute Gasteiger partial charge is 0.327 e. The van der Waals surface area contributed by atoms with Crippen molar-refractivity contribution in [2.45, 2.75) is 0 Å². The molecular weight excluding hydrogens is 302 g/mol. The van der Waals surface area contributed by atoms with Crippen LogP contribution in [0, 0.1) is 6.26 Å². The van der Waals surface area contributed by atoms with Gasteiger partial charge in [0.2, 0.25) is 8.87 Å². The Kier molecular flexibility index (Phi) is 6.87. The van der Waals surface area contributed by atoms with E-state index in [0.717, 1.165) is 21.6 Å². The van der Waals surface area contributed by atoms with Gasteiger partial charge in [-0.15, -0.1) is 0 Å². The minimum Gasteiger partial charge on any atom is -0.327 e. The topological polar surface area (TPSA) is 68.3 Å². The molecular formula is C8H19NO4S4+. The highest BCUT2D eigenvalue weighted by Gasteiger charge is 2.17. The second-order valence-electron chi connectivity index (χ2n) is 4.29. The summed E-state index contributed by atoms with van der Waals surface area (Å²) in [7, 11) is -0.604. The van der Waals surface area contributed by atoms with Crippen LogP contribution in [0.4, 0.5) is 0 Å². The lowest BCUT2D eigenvalue weighted by Crippen LogP contribution is -2.43. The van der Waals surface area contributed by atoms with Crippen LogP contribution in [-0.2, 0) is 17.7 Å². The van der Waals surface area contributed by atoms with Crippen molar-refractivity contribution < 1.29 is 21.3 Å². The van der Waals surface area contributed by atoms with Crippen molar-refractivity contribution in [3.63, 3.8) is 0 Å². The highest BCUT2D eigenvalue weighted by molar-refractivity contribution is 8.72. The number of hydrogen-bond donors (Lipinski definition) is 0. The Morgan fingerprint density at radius 2 is 1.41 bits per heavy atom. The van der Waals surface area contributed by atoms with Gasteiger partial charge >= 0.3 is 0 Å². The molecule has 0 unspecified atom stereocenters. The van der Waals surface area contributed by atoms with Crippen molar-refractivity contribution in [1.82, 2.24) is 0 Å². The quantitative estimate of drug-likeness (QED) is 0.482. The molecule has 0 saturated heterocycles. The van der Waals surface area contributed by atoms with Crippen molar-refractivity contribution in [1.29, 1.82) is 0 Å². The van der Waals surface area contributed by atoms with E-state index in [0.29, 0.717) is 29.1 Å². The van der Waals surface area contributed by atoms with Crippen molar-refractivity contribution in [2.75, 3.05) is 44.9 Å². The summed E-state index contributed by atoms with van der Waals surface area (Å²) in [5, 5.41) is 0. The van der Waals surface area contributed by atoms with Crippen LogP contribution in [0.3, 0.4) is 0 Å². The Labute approximate surface area is 112 Å². The summed E-state index contributed by atoms with van der Waals surface area (Å²) < 4.78 is 44.1. The van der Waals surface area contributed by atoms with Gasteiger partial charge in [-0.2, -0.15) is 0 Å². The lowest BCUT2D eigenvalue weighted by molar-refractivity contribution is -0.885. The second-order valence-corrected chi connectivity index (χ2v) is 12.9. The van der Waals surface area contributed by atoms with Gasteiger partial charge in [0.25, 0.3) is 0 Å². The van der Waals surface area contributed by atoms with Gasteiger partial charge in [-0.3, -0.25) is 0 Å². The van der Waals surface area contributed by atoms with Gasteiger partial charge in [-0.25, -0.2) is 16.8 Å². The first-order chi connectivity index (χ1) is 7.41. The monoisotopic (exact) mass is 321 g/mol. The molecule has 17 heavy (non-hydrogen) atoms. The third-order valence-corrected chi connectivity index (χ3v) is 6.80. The van der Waals surface area contributed by atoms with Gasteiger partial charge in [0.1, 0.15) is 0 Å². The summed E-state index contributed by atoms with van der Waals surface area (Å²) in [6.07, 6.45) is 4.21. The van der Waals surface area contributed by atoms with E-state index in [9.17, 15) is 16.8 Å². The average Bonchev–Trinajstić information content (AvgIpc) is 1.96. The van der Waals surface area contributed by atoms with Crippen molar-refractivity contribution in [3.8, 4) is 0 Å². The first-order valence-corrected chi connectivity index (χ1v) is 11.3. The summed E-state index contributed by atoms with van der Waals surface area (Å²) >= 11 is 0. The molecule has 103 valence electrons. The molecule has 5 nitrogen and oxygen atoms in total. The first-order valence-electron chi connectivity index (χ1n) is 4.80. The number of rotatable bonds is 8. The van der Waals surface area contributed by atoms with E-state index >= 15 is 0 Å². The predicted octanol–water partition coefficient (Wildman–Crippen LogP) is 0.610. The average molecular weight is 322 g/mol. The van der Waals surface area contributed by atoms with Gasteiger partial charge in [0.15, 0.2) is 8.87 Å². The van der Waals surface area contributed by atoms with Crippen molar-refractivity contribution in [3.05, 3.63) is 6.26 Å². The zero-order valence-electron chi connectivity index (χ0n) is 10.2. The molecule has 1 radical (unpaired) electrons. The summed E-state index contributed by atoms with van der Waals surface area (Å²) in [6, 6.07) is 0. The lowest BCUT2D eigenvalue weighted by Gasteiger charge is -2.29. The van der Waals surface area contributed by atoms with E-state index < -0.39 is 17.7 Å². The summed E-state index contributed by atoms with van der Waals surface area (Å²) in [5.41, 5.74) is 0. The van der Waals surface area contributed by atoms with E-state index in [4.69, 9.17) is 0 Å². The molecule has 0 aliphatic heterocycles. The van der Waals surface area contributed by atoms with Crippen LogP contribution >= 0.6 is 21.6 Å². The molecule has 0 amide bonds. The van der Waals surface area contributed by atoms with Crippen LogP contribution in [0.2, 0.25) is 0 Å². The van der Waals surface area contributed by atoms with Crippen LogP contribution in [0.5, 0.6) is 0 Å². The SMILES string of the molecule is [CH2]S(=O)(=O)SCC[N+](C)(C)CCSS(C)(=O)=O. The third-order valence-electron chi connectivity index (χ3n) is 1.95. The maximum atomic E-state index is 10.9. The molecule has 0 aromatic carbocycles. The van der Waals surface area contributed by atoms with E-state index in [2.05, 4.69) is 6.26 Å².